The van der Waals surface area contributed by atoms with Crippen molar-refractivity contribution in [3.8, 4) is 0 Å². The molecule has 17 heavy (non-hydrogen) atoms. The summed E-state index contributed by atoms with van der Waals surface area (Å²) in [6.07, 6.45) is 2.26. The van der Waals surface area contributed by atoms with Crippen LogP contribution in [-0.4, -0.2) is 29.1 Å². The van der Waals surface area contributed by atoms with E-state index in [2.05, 4.69) is 32.3 Å². The smallest absolute Gasteiger partial charge is 0.303 e. The van der Waals surface area contributed by atoms with E-state index in [9.17, 15) is 4.79 Å². The zero-order chi connectivity index (χ0) is 12.3. The highest BCUT2D eigenvalue weighted by Gasteiger charge is 2.22. The minimum atomic E-state index is -0.676. The fourth-order valence-electron chi connectivity index (χ4n) is 2.31. The van der Waals surface area contributed by atoms with Crippen LogP contribution in [0.15, 0.2) is 15.2 Å². The van der Waals surface area contributed by atoms with Gasteiger partial charge in [0.15, 0.2) is 0 Å². The van der Waals surface area contributed by atoms with Crippen molar-refractivity contribution in [3.05, 3.63) is 20.8 Å². The Bertz CT molecular complexity index is 394. The van der Waals surface area contributed by atoms with Crippen molar-refractivity contribution < 1.29 is 9.90 Å². The summed E-state index contributed by atoms with van der Waals surface area (Å²) in [7, 11) is 0. The zero-order valence-corrected chi connectivity index (χ0v) is 12.0. The van der Waals surface area contributed by atoms with Crippen LogP contribution in [0.4, 0.5) is 0 Å². The minimum Gasteiger partial charge on any atom is -0.481 e. The van der Waals surface area contributed by atoms with E-state index in [4.69, 9.17) is 5.11 Å². The number of aliphatic carboxylic acids is 1. The van der Waals surface area contributed by atoms with Crippen LogP contribution in [0.5, 0.6) is 0 Å². The van der Waals surface area contributed by atoms with Gasteiger partial charge in [-0.05, 0) is 58.2 Å². The molecule has 0 amide bonds. The van der Waals surface area contributed by atoms with Gasteiger partial charge in [-0.2, -0.15) is 0 Å². The van der Waals surface area contributed by atoms with E-state index in [0.717, 1.165) is 32.5 Å². The second-order valence-corrected chi connectivity index (χ2v) is 6.87. The molecule has 3 nitrogen and oxygen atoms in total. The lowest BCUT2D eigenvalue weighted by atomic mass is 10.0. The van der Waals surface area contributed by atoms with Crippen LogP contribution in [0.2, 0.25) is 0 Å². The monoisotopic (exact) mass is 317 g/mol. The van der Waals surface area contributed by atoms with E-state index in [1.807, 2.05) is 0 Å². The van der Waals surface area contributed by atoms with Crippen molar-refractivity contribution in [2.24, 2.45) is 5.92 Å². The molecule has 1 aromatic heterocycles. The SMILES string of the molecule is O=C(O)CCC1CCN(Cc2csc(Br)c2)C1. The molecule has 0 aliphatic carbocycles. The fourth-order valence-corrected chi connectivity index (χ4v) is 3.51. The van der Waals surface area contributed by atoms with Gasteiger partial charge < -0.3 is 5.11 Å². The molecule has 1 unspecified atom stereocenters. The second kappa shape index (κ2) is 5.98. The standard InChI is InChI=1S/C12H16BrNO2S/c13-11-5-10(8-17-11)7-14-4-3-9(6-14)1-2-12(15)16/h5,8-9H,1-4,6-7H2,(H,15,16). The summed E-state index contributed by atoms with van der Waals surface area (Å²) in [4.78, 5) is 12.9. The van der Waals surface area contributed by atoms with E-state index >= 15 is 0 Å². The number of hydrogen-bond donors (Lipinski definition) is 1. The molecule has 0 bridgehead atoms. The van der Waals surface area contributed by atoms with Gasteiger partial charge in [0.2, 0.25) is 0 Å². The number of likely N-dealkylation sites (tertiary alicyclic amines) is 1. The van der Waals surface area contributed by atoms with Crippen molar-refractivity contribution in [2.45, 2.75) is 25.8 Å². The molecule has 2 heterocycles. The lowest BCUT2D eigenvalue weighted by Crippen LogP contribution is -2.20. The second-order valence-electron chi connectivity index (χ2n) is 4.58. The largest absolute Gasteiger partial charge is 0.481 e. The lowest BCUT2D eigenvalue weighted by Gasteiger charge is -2.14. The van der Waals surface area contributed by atoms with Crippen molar-refractivity contribution in [2.75, 3.05) is 13.1 Å². The molecular formula is C12H16BrNO2S. The van der Waals surface area contributed by atoms with E-state index in [-0.39, 0.29) is 0 Å². The minimum absolute atomic E-state index is 0.308. The number of carbonyl (C=O) groups is 1. The molecule has 1 atom stereocenters. The summed E-state index contributed by atoms with van der Waals surface area (Å²) in [5.74, 6) is -0.113. The molecule has 1 aliphatic heterocycles. The summed E-state index contributed by atoms with van der Waals surface area (Å²) in [5.41, 5.74) is 1.35. The van der Waals surface area contributed by atoms with Crippen molar-refractivity contribution in [3.63, 3.8) is 0 Å². The number of halogens is 1. The first kappa shape index (κ1) is 13.1. The Morgan fingerprint density at radius 3 is 3.12 bits per heavy atom. The van der Waals surface area contributed by atoms with Gasteiger partial charge in [0.25, 0.3) is 0 Å². The van der Waals surface area contributed by atoms with Crippen molar-refractivity contribution in [1.82, 2.24) is 4.90 Å². The molecule has 1 fully saturated rings. The van der Waals surface area contributed by atoms with Crippen LogP contribution in [0.25, 0.3) is 0 Å². The van der Waals surface area contributed by atoms with Crippen molar-refractivity contribution in [1.29, 1.82) is 0 Å². The summed E-state index contributed by atoms with van der Waals surface area (Å²) in [6, 6.07) is 2.16. The lowest BCUT2D eigenvalue weighted by molar-refractivity contribution is -0.137. The maximum absolute atomic E-state index is 10.5. The summed E-state index contributed by atoms with van der Waals surface area (Å²) < 4.78 is 1.18. The number of nitrogens with zero attached hydrogens (tertiary/aromatic N) is 1. The van der Waals surface area contributed by atoms with Gasteiger partial charge in [0.1, 0.15) is 0 Å². The van der Waals surface area contributed by atoms with Crippen LogP contribution in [0.1, 0.15) is 24.8 Å². The maximum atomic E-state index is 10.5. The molecule has 2 rings (SSSR count). The zero-order valence-electron chi connectivity index (χ0n) is 9.56. The third kappa shape index (κ3) is 4.08. The first-order valence-electron chi connectivity index (χ1n) is 5.80. The molecule has 0 spiro atoms. The summed E-state index contributed by atoms with van der Waals surface area (Å²) in [5, 5.41) is 10.8. The Balaban J connectivity index is 1.76. The Hall–Kier alpha value is -0.390. The van der Waals surface area contributed by atoms with E-state index in [1.54, 1.807) is 11.3 Å². The molecule has 0 aromatic carbocycles. The van der Waals surface area contributed by atoms with Gasteiger partial charge in [0.05, 0.1) is 3.79 Å². The average molecular weight is 318 g/mol. The molecule has 1 saturated heterocycles. The van der Waals surface area contributed by atoms with Crippen LogP contribution in [-0.2, 0) is 11.3 Å². The Labute approximate surface area is 114 Å². The van der Waals surface area contributed by atoms with Crippen LogP contribution in [0.3, 0.4) is 0 Å². The maximum Gasteiger partial charge on any atom is 0.303 e. The van der Waals surface area contributed by atoms with Crippen LogP contribution < -0.4 is 0 Å². The highest BCUT2D eigenvalue weighted by Crippen LogP contribution is 2.26. The van der Waals surface area contributed by atoms with E-state index < -0.39 is 5.97 Å². The number of carboxylic acid groups (broad SMARTS) is 1. The third-order valence-corrected chi connectivity index (χ3v) is 4.72. The van der Waals surface area contributed by atoms with Gasteiger partial charge in [-0.25, -0.2) is 0 Å². The number of thiophene rings is 1. The highest BCUT2D eigenvalue weighted by atomic mass is 79.9. The van der Waals surface area contributed by atoms with E-state index in [0.29, 0.717) is 12.3 Å². The number of carboxylic acids is 1. The van der Waals surface area contributed by atoms with Crippen LogP contribution >= 0.6 is 27.3 Å². The van der Waals surface area contributed by atoms with Gasteiger partial charge >= 0.3 is 5.97 Å². The number of rotatable bonds is 5. The fraction of sp³-hybridized carbons (Fsp3) is 0.583. The predicted molar refractivity (Wildman–Crippen MR) is 72.3 cm³/mol. The summed E-state index contributed by atoms with van der Waals surface area (Å²) >= 11 is 5.18. The molecule has 94 valence electrons. The first-order chi connectivity index (χ1) is 8.13. The quantitative estimate of drug-likeness (QED) is 0.906. The van der Waals surface area contributed by atoms with E-state index in [1.165, 1.54) is 9.35 Å². The Kier molecular flexibility index (Phi) is 4.59. The van der Waals surface area contributed by atoms with Crippen molar-refractivity contribution >= 4 is 33.2 Å². The Morgan fingerprint density at radius 1 is 1.65 bits per heavy atom. The molecule has 1 aliphatic rings. The molecule has 5 heteroatoms. The topological polar surface area (TPSA) is 40.5 Å². The number of hydrogen-bond acceptors (Lipinski definition) is 3. The molecular weight excluding hydrogens is 302 g/mol. The molecule has 1 aromatic rings. The normalized spacial score (nSPS) is 20.9. The summed E-state index contributed by atoms with van der Waals surface area (Å²) in [6.45, 7) is 3.13. The average Bonchev–Trinajstić information content (AvgIpc) is 2.86. The molecule has 0 saturated carbocycles. The predicted octanol–water partition coefficient (Wildman–Crippen LogP) is 3.20. The first-order valence-corrected chi connectivity index (χ1v) is 7.48. The van der Waals surface area contributed by atoms with Gasteiger partial charge in [-0.3, -0.25) is 9.69 Å². The highest BCUT2D eigenvalue weighted by molar-refractivity contribution is 9.11. The molecule has 1 N–H and O–H groups in total. The third-order valence-electron chi connectivity index (χ3n) is 3.16. The van der Waals surface area contributed by atoms with Gasteiger partial charge in [0, 0.05) is 19.5 Å². The van der Waals surface area contributed by atoms with Crippen LogP contribution in [0, 0.1) is 5.92 Å². The van der Waals surface area contributed by atoms with Gasteiger partial charge in [-0.15, -0.1) is 11.3 Å². The molecule has 0 radical (unpaired) electrons. The Morgan fingerprint density at radius 2 is 2.47 bits per heavy atom. The van der Waals surface area contributed by atoms with Gasteiger partial charge in [-0.1, -0.05) is 0 Å².